The van der Waals surface area contributed by atoms with Crippen molar-refractivity contribution in [1.82, 2.24) is 10.2 Å². The van der Waals surface area contributed by atoms with E-state index in [0.717, 1.165) is 19.5 Å². The quantitative estimate of drug-likeness (QED) is 0.908. The van der Waals surface area contributed by atoms with Gasteiger partial charge in [0.2, 0.25) is 5.91 Å². The predicted molar refractivity (Wildman–Crippen MR) is 81.4 cm³/mol. The van der Waals surface area contributed by atoms with E-state index in [1.54, 1.807) is 0 Å². The summed E-state index contributed by atoms with van der Waals surface area (Å²) < 4.78 is 0. The maximum Gasteiger partial charge on any atom is 0.239 e. The van der Waals surface area contributed by atoms with Crippen molar-refractivity contribution in [1.29, 1.82) is 0 Å². The van der Waals surface area contributed by atoms with E-state index in [0.29, 0.717) is 6.54 Å². The summed E-state index contributed by atoms with van der Waals surface area (Å²) >= 11 is 0. The zero-order valence-corrected chi connectivity index (χ0v) is 11.8. The van der Waals surface area contributed by atoms with Gasteiger partial charge in [-0.3, -0.25) is 4.79 Å². The van der Waals surface area contributed by atoms with Crippen LogP contribution >= 0.6 is 0 Å². The molecule has 1 unspecified atom stereocenters. The van der Waals surface area contributed by atoms with E-state index in [2.05, 4.69) is 47.8 Å². The van der Waals surface area contributed by atoms with Crippen molar-refractivity contribution in [3.63, 3.8) is 0 Å². The molecule has 0 aromatic heterocycles. The van der Waals surface area contributed by atoms with Gasteiger partial charge in [-0.15, -0.1) is 0 Å². The molecule has 0 saturated carbocycles. The van der Waals surface area contributed by atoms with Gasteiger partial charge >= 0.3 is 0 Å². The van der Waals surface area contributed by atoms with E-state index in [9.17, 15) is 4.79 Å². The number of carbonyl (C=O) groups excluding carboxylic acids is 1. The Hall–Kier alpha value is -1.87. The fourth-order valence-corrected chi connectivity index (χ4v) is 2.85. The fourth-order valence-electron chi connectivity index (χ4n) is 2.85. The van der Waals surface area contributed by atoms with Gasteiger partial charge in [0.05, 0.1) is 6.04 Å². The van der Waals surface area contributed by atoms with E-state index in [1.165, 1.54) is 16.3 Å². The summed E-state index contributed by atoms with van der Waals surface area (Å²) in [6.45, 7) is 4.40. The second-order valence-corrected chi connectivity index (χ2v) is 5.43. The lowest BCUT2D eigenvalue weighted by Gasteiger charge is -2.23. The minimum absolute atomic E-state index is 0.0764. The van der Waals surface area contributed by atoms with Crippen molar-refractivity contribution >= 4 is 16.7 Å². The monoisotopic (exact) mass is 268 g/mol. The number of rotatable bonds is 2. The lowest BCUT2D eigenvalue weighted by molar-refractivity contribution is -0.132. The fraction of sp³-hybridized carbons (Fsp3) is 0.353. The molecule has 1 aliphatic rings. The molecule has 1 amide bonds. The first-order valence-corrected chi connectivity index (χ1v) is 7.24. The second-order valence-electron chi connectivity index (χ2n) is 5.43. The topological polar surface area (TPSA) is 32.3 Å². The van der Waals surface area contributed by atoms with Crippen molar-refractivity contribution in [2.75, 3.05) is 13.1 Å². The second kappa shape index (κ2) is 5.63. The predicted octanol–water partition coefficient (Wildman–Crippen LogP) is 2.55. The van der Waals surface area contributed by atoms with Crippen molar-refractivity contribution in [2.45, 2.75) is 25.9 Å². The van der Waals surface area contributed by atoms with Gasteiger partial charge < -0.3 is 10.2 Å². The minimum Gasteiger partial charge on any atom is -0.337 e. The Balaban J connectivity index is 1.90. The molecule has 1 heterocycles. The molecule has 1 saturated heterocycles. The zero-order chi connectivity index (χ0) is 13.9. The third-order valence-electron chi connectivity index (χ3n) is 3.98. The Morgan fingerprint density at radius 1 is 1.20 bits per heavy atom. The molecule has 3 nitrogen and oxygen atoms in total. The van der Waals surface area contributed by atoms with Gasteiger partial charge in [0, 0.05) is 13.1 Å². The van der Waals surface area contributed by atoms with Gasteiger partial charge in [-0.05, 0) is 36.2 Å². The smallest absolute Gasteiger partial charge is 0.239 e. The molecule has 104 valence electrons. The minimum atomic E-state index is -0.0764. The molecular formula is C17H20N2O. The van der Waals surface area contributed by atoms with Crippen LogP contribution in [0.2, 0.25) is 0 Å². The Bertz CT molecular complexity index is 618. The average Bonchev–Trinajstić information content (AvgIpc) is 2.63. The highest BCUT2D eigenvalue weighted by atomic mass is 16.2. The summed E-state index contributed by atoms with van der Waals surface area (Å²) in [6.07, 6.45) is 1.01. The normalized spacial score (nSPS) is 20.1. The van der Waals surface area contributed by atoms with Crippen LogP contribution in [0.5, 0.6) is 0 Å². The van der Waals surface area contributed by atoms with E-state index in [4.69, 9.17) is 0 Å². The van der Waals surface area contributed by atoms with Gasteiger partial charge in [0.25, 0.3) is 0 Å². The highest BCUT2D eigenvalue weighted by Gasteiger charge is 2.23. The summed E-state index contributed by atoms with van der Waals surface area (Å²) in [5, 5.41) is 5.73. The van der Waals surface area contributed by atoms with Gasteiger partial charge in [0.1, 0.15) is 0 Å². The zero-order valence-electron chi connectivity index (χ0n) is 11.8. The lowest BCUT2D eigenvalue weighted by Crippen LogP contribution is -2.41. The van der Waals surface area contributed by atoms with Crippen LogP contribution in [-0.2, 0) is 11.3 Å². The van der Waals surface area contributed by atoms with E-state index < -0.39 is 0 Å². The molecule has 1 fully saturated rings. The van der Waals surface area contributed by atoms with Crippen molar-refractivity contribution in [3.8, 4) is 0 Å². The van der Waals surface area contributed by atoms with Crippen molar-refractivity contribution in [2.24, 2.45) is 0 Å². The first kappa shape index (κ1) is 13.1. The highest BCUT2D eigenvalue weighted by Crippen LogP contribution is 2.20. The van der Waals surface area contributed by atoms with Crippen LogP contribution in [0.25, 0.3) is 10.8 Å². The summed E-state index contributed by atoms with van der Waals surface area (Å²) in [4.78, 5) is 14.3. The Labute approximate surface area is 119 Å². The molecular weight excluding hydrogens is 248 g/mol. The first-order chi connectivity index (χ1) is 9.75. The number of nitrogens with zero attached hydrogens (tertiary/aromatic N) is 1. The first-order valence-electron chi connectivity index (χ1n) is 7.24. The van der Waals surface area contributed by atoms with Crippen LogP contribution in [0, 0.1) is 0 Å². The summed E-state index contributed by atoms with van der Waals surface area (Å²) in [5.74, 6) is 0.204. The maximum atomic E-state index is 12.3. The molecule has 0 radical (unpaired) electrons. The number of amides is 1. The van der Waals surface area contributed by atoms with Crippen molar-refractivity contribution in [3.05, 3.63) is 48.0 Å². The number of hydrogen-bond donors (Lipinski definition) is 1. The largest absolute Gasteiger partial charge is 0.337 e. The molecule has 2 aromatic rings. The van der Waals surface area contributed by atoms with Crippen LogP contribution in [0.3, 0.4) is 0 Å². The SMILES string of the molecule is CC1NCCCN(Cc2cccc3ccccc23)C1=O. The molecule has 0 spiro atoms. The average molecular weight is 268 g/mol. The molecule has 0 aliphatic carbocycles. The number of hydrogen-bond acceptors (Lipinski definition) is 2. The molecule has 2 aromatic carbocycles. The van der Waals surface area contributed by atoms with Crippen LogP contribution in [0.4, 0.5) is 0 Å². The standard InChI is InChI=1S/C17H20N2O/c1-13-17(20)19(11-5-10-18-13)12-15-8-4-7-14-6-2-3-9-16(14)15/h2-4,6-9,13,18H,5,10-12H2,1H3. The Morgan fingerprint density at radius 3 is 2.90 bits per heavy atom. The van der Waals surface area contributed by atoms with E-state index in [-0.39, 0.29) is 11.9 Å². The third-order valence-corrected chi connectivity index (χ3v) is 3.98. The van der Waals surface area contributed by atoms with Crippen LogP contribution in [0.15, 0.2) is 42.5 Å². The number of benzene rings is 2. The van der Waals surface area contributed by atoms with Crippen LogP contribution in [-0.4, -0.2) is 29.9 Å². The Morgan fingerprint density at radius 2 is 2.00 bits per heavy atom. The van der Waals surface area contributed by atoms with Gasteiger partial charge in [-0.25, -0.2) is 0 Å². The molecule has 1 N–H and O–H groups in total. The third kappa shape index (κ3) is 2.54. The molecule has 3 heteroatoms. The molecule has 0 bridgehead atoms. The molecule has 3 rings (SSSR count). The van der Waals surface area contributed by atoms with Crippen LogP contribution in [0.1, 0.15) is 18.9 Å². The summed E-state index contributed by atoms with van der Waals surface area (Å²) in [6, 6.07) is 14.6. The maximum absolute atomic E-state index is 12.3. The summed E-state index contributed by atoms with van der Waals surface area (Å²) in [7, 11) is 0. The lowest BCUT2D eigenvalue weighted by atomic mass is 10.0. The summed E-state index contributed by atoms with van der Waals surface area (Å²) in [5.41, 5.74) is 1.23. The highest BCUT2D eigenvalue weighted by molar-refractivity contribution is 5.87. The van der Waals surface area contributed by atoms with Gasteiger partial charge in [-0.1, -0.05) is 42.5 Å². The van der Waals surface area contributed by atoms with Gasteiger partial charge in [0.15, 0.2) is 0 Å². The van der Waals surface area contributed by atoms with Gasteiger partial charge in [-0.2, -0.15) is 0 Å². The number of fused-ring (bicyclic) bond motifs is 1. The van der Waals surface area contributed by atoms with Crippen molar-refractivity contribution < 1.29 is 4.79 Å². The van der Waals surface area contributed by atoms with E-state index in [1.807, 2.05) is 11.8 Å². The molecule has 20 heavy (non-hydrogen) atoms. The van der Waals surface area contributed by atoms with Crippen LogP contribution < -0.4 is 5.32 Å². The Kier molecular flexibility index (Phi) is 3.70. The number of carbonyl (C=O) groups is 1. The molecule has 1 aliphatic heterocycles. The molecule has 1 atom stereocenters. The number of nitrogens with one attached hydrogen (secondary N) is 1. The van der Waals surface area contributed by atoms with E-state index >= 15 is 0 Å².